The van der Waals surface area contributed by atoms with Gasteiger partial charge in [0.05, 0.1) is 4.88 Å². The highest BCUT2D eigenvalue weighted by molar-refractivity contribution is 7.12. The number of benzene rings is 3. The van der Waals surface area contributed by atoms with E-state index in [-0.39, 0.29) is 0 Å². The van der Waals surface area contributed by atoms with Crippen LogP contribution in [0.25, 0.3) is 21.5 Å². The Kier molecular flexibility index (Phi) is 5.56. The molecular weight excluding hydrogens is 344 g/mol. The Balaban J connectivity index is 1.52. The maximum Gasteiger partial charge on any atom is 0.0775 e. The maximum atomic E-state index is 3.35. The molecule has 0 aliphatic heterocycles. The van der Waals surface area contributed by atoms with Crippen molar-refractivity contribution in [1.82, 2.24) is 0 Å². The Morgan fingerprint density at radius 2 is 1.48 bits per heavy atom. The molecule has 1 heterocycles. The molecule has 0 nitrogen and oxygen atoms in total. The Hall–Kier alpha value is -2.56. The van der Waals surface area contributed by atoms with Gasteiger partial charge in [0.25, 0.3) is 0 Å². The first-order valence-corrected chi connectivity index (χ1v) is 10.7. The smallest absolute Gasteiger partial charge is 0.0775 e. The molecule has 4 aromatic rings. The molecule has 134 valence electrons. The molecule has 0 saturated heterocycles. The monoisotopic (exact) mass is 368 g/mol. The lowest BCUT2D eigenvalue weighted by molar-refractivity contribution is 0.670. The van der Waals surface area contributed by atoms with Crippen LogP contribution >= 0.6 is 11.3 Å². The van der Waals surface area contributed by atoms with Gasteiger partial charge < -0.3 is 0 Å². The summed E-state index contributed by atoms with van der Waals surface area (Å²) in [6, 6.07) is 24.0. The lowest BCUT2D eigenvalue weighted by atomic mass is 10.0. The standard InChI is InChI=1S/C26H24S/c1-2-3-4-5-10-25-15-16-26(27-25)14-12-20-11-13-23-18-21-8-6-7-9-22(21)19-24(23)17-20/h6-9,11,13,15-19H,2-5,10H2,1H3. The molecule has 0 N–H and O–H groups in total. The normalized spacial score (nSPS) is 10.9. The molecule has 0 unspecified atom stereocenters. The third-order valence-corrected chi connectivity index (χ3v) is 6.03. The van der Waals surface area contributed by atoms with E-state index in [9.17, 15) is 0 Å². The first-order chi connectivity index (χ1) is 13.3. The number of hydrogen-bond acceptors (Lipinski definition) is 1. The van der Waals surface area contributed by atoms with Gasteiger partial charge in [-0.1, -0.05) is 68.4 Å². The first kappa shape index (κ1) is 17.8. The lowest BCUT2D eigenvalue weighted by Crippen LogP contribution is -1.80. The van der Waals surface area contributed by atoms with E-state index in [1.807, 2.05) is 11.3 Å². The molecule has 0 atom stereocenters. The van der Waals surface area contributed by atoms with Gasteiger partial charge in [0.2, 0.25) is 0 Å². The molecule has 0 radical (unpaired) electrons. The van der Waals surface area contributed by atoms with E-state index in [4.69, 9.17) is 0 Å². The van der Waals surface area contributed by atoms with Gasteiger partial charge >= 0.3 is 0 Å². The van der Waals surface area contributed by atoms with Crippen molar-refractivity contribution in [1.29, 1.82) is 0 Å². The predicted octanol–water partition coefficient (Wildman–Crippen LogP) is 7.58. The summed E-state index contributed by atoms with van der Waals surface area (Å²) in [6.07, 6.45) is 6.45. The van der Waals surface area contributed by atoms with E-state index >= 15 is 0 Å². The molecule has 0 saturated carbocycles. The van der Waals surface area contributed by atoms with Gasteiger partial charge in [0, 0.05) is 10.4 Å². The summed E-state index contributed by atoms with van der Waals surface area (Å²) in [5, 5.41) is 5.09. The third-order valence-electron chi connectivity index (χ3n) is 4.97. The molecule has 1 heteroatoms. The zero-order valence-electron chi connectivity index (χ0n) is 15.8. The highest BCUT2D eigenvalue weighted by Crippen LogP contribution is 2.24. The number of aryl methyl sites for hydroxylation is 1. The van der Waals surface area contributed by atoms with Crippen molar-refractivity contribution in [3.05, 3.63) is 82.0 Å². The van der Waals surface area contributed by atoms with Crippen molar-refractivity contribution in [3.63, 3.8) is 0 Å². The third kappa shape index (κ3) is 4.41. The summed E-state index contributed by atoms with van der Waals surface area (Å²) in [5.74, 6) is 6.70. The quantitative estimate of drug-likeness (QED) is 0.193. The molecule has 27 heavy (non-hydrogen) atoms. The van der Waals surface area contributed by atoms with Gasteiger partial charge in [-0.2, -0.15) is 0 Å². The molecule has 0 aliphatic carbocycles. The second-order valence-corrected chi connectivity index (χ2v) is 8.26. The van der Waals surface area contributed by atoms with Gasteiger partial charge in [-0.25, -0.2) is 0 Å². The Labute approximate surface area is 165 Å². The van der Waals surface area contributed by atoms with Crippen molar-refractivity contribution in [2.45, 2.75) is 39.0 Å². The van der Waals surface area contributed by atoms with Gasteiger partial charge in [0.15, 0.2) is 0 Å². The highest BCUT2D eigenvalue weighted by Gasteiger charge is 2.00. The van der Waals surface area contributed by atoms with Gasteiger partial charge in [-0.05, 0) is 70.8 Å². The van der Waals surface area contributed by atoms with E-state index in [2.05, 4.69) is 85.5 Å². The van der Waals surface area contributed by atoms with Gasteiger partial charge in [-0.15, -0.1) is 11.3 Å². The van der Waals surface area contributed by atoms with Gasteiger partial charge in [0.1, 0.15) is 0 Å². The average molecular weight is 369 g/mol. The zero-order chi connectivity index (χ0) is 18.5. The number of rotatable bonds is 5. The minimum Gasteiger partial charge on any atom is -0.132 e. The largest absolute Gasteiger partial charge is 0.132 e. The summed E-state index contributed by atoms with van der Waals surface area (Å²) in [4.78, 5) is 2.62. The SMILES string of the molecule is CCCCCCc1ccc(C#Cc2ccc3cc4ccccc4cc3c2)s1. The van der Waals surface area contributed by atoms with Crippen LogP contribution in [-0.2, 0) is 6.42 Å². The Bertz CT molecular complexity index is 1120. The molecule has 0 bridgehead atoms. The number of thiophene rings is 1. The van der Waals surface area contributed by atoms with Crippen molar-refractivity contribution < 1.29 is 0 Å². The average Bonchev–Trinajstić information content (AvgIpc) is 3.16. The summed E-state index contributed by atoms with van der Waals surface area (Å²) in [7, 11) is 0. The second-order valence-electron chi connectivity index (χ2n) is 7.09. The minimum atomic E-state index is 1.08. The number of hydrogen-bond donors (Lipinski definition) is 0. The van der Waals surface area contributed by atoms with E-state index < -0.39 is 0 Å². The summed E-state index contributed by atoms with van der Waals surface area (Å²) < 4.78 is 0. The molecular formula is C26H24S. The fourth-order valence-corrected chi connectivity index (χ4v) is 4.36. The van der Waals surface area contributed by atoms with Gasteiger partial charge in [-0.3, -0.25) is 0 Å². The molecule has 0 spiro atoms. The van der Waals surface area contributed by atoms with Crippen molar-refractivity contribution >= 4 is 32.9 Å². The van der Waals surface area contributed by atoms with E-state index in [0.29, 0.717) is 0 Å². The maximum absolute atomic E-state index is 3.35. The van der Waals surface area contributed by atoms with Crippen molar-refractivity contribution in [2.24, 2.45) is 0 Å². The molecule has 0 fully saturated rings. The van der Waals surface area contributed by atoms with Crippen LogP contribution in [-0.4, -0.2) is 0 Å². The number of fused-ring (bicyclic) bond motifs is 2. The topological polar surface area (TPSA) is 0 Å². The first-order valence-electron chi connectivity index (χ1n) is 9.85. The highest BCUT2D eigenvalue weighted by atomic mass is 32.1. The van der Waals surface area contributed by atoms with Crippen LogP contribution in [0.1, 0.15) is 47.9 Å². The summed E-state index contributed by atoms with van der Waals surface area (Å²) >= 11 is 1.84. The summed E-state index contributed by atoms with van der Waals surface area (Å²) in [6.45, 7) is 2.26. The van der Waals surface area contributed by atoms with Crippen LogP contribution in [0.15, 0.2) is 66.7 Å². The molecule has 0 amide bonds. The molecule has 4 rings (SSSR count). The Morgan fingerprint density at radius 3 is 2.30 bits per heavy atom. The zero-order valence-corrected chi connectivity index (χ0v) is 16.6. The second kappa shape index (κ2) is 8.42. The minimum absolute atomic E-state index is 1.08. The summed E-state index contributed by atoms with van der Waals surface area (Å²) in [5.41, 5.74) is 1.08. The van der Waals surface area contributed by atoms with Crippen LogP contribution in [0.2, 0.25) is 0 Å². The predicted molar refractivity (Wildman–Crippen MR) is 120 cm³/mol. The van der Waals surface area contributed by atoms with E-state index in [1.54, 1.807) is 0 Å². The van der Waals surface area contributed by atoms with Crippen LogP contribution in [0.4, 0.5) is 0 Å². The van der Waals surface area contributed by atoms with E-state index in [0.717, 1.165) is 5.56 Å². The van der Waals surface area contributed by atoms with Crippen LogP contribution in [0.5, 0.6) is 0 Å². The Morgan fingerprint density at radius 1 is 0.704 bits per heavy atom. The fraction of sp³-hybridized carbons (Fsp3) is 0.231. The molecule has 3 aromatic carbocycles. The van der Waals surface area contributed by atoms with Crippen LogP contribution in [0.3, 0.4) is 0 Å². The van der Waals surface area contributed by atoms with Crippen molar-refractivity contribution in [3.8, 4) is 11.8 Å². The van der Waals surface area contributed by atoms with Crippen LogP contribution in [0, 0.1) is 11.8 Å². The van der Waals surface area contributed by atoms with Crippen LogP contribution < -0.4 is 0 Å². The lowest BCUT2D eigenvalue weighted by Gasteiger charge is -2.02. The van der Waals surface area contributed by atoms with Crippen molar-refractivity contribution in [2.75, 3.05) is 0 Å². The molecule has 1 aromatic heterocycles. The van der Waals surface area contributed by atoms with E-state index in [1.165, 1.54) is 63.4 Å². The fourth-order valence-electron chi connectivity index (χ4n) is 3.46. The number of unbranched alkanes of at least 4 members (excludes halogenated alkanes) is 3. The molecule has 0 aliphatic rings.